The molecule has 0 radical (unpaired) electrons. The average Bonchev–Trinajstić information content (AvgIpc) is 2.38. The van der Waals surface area contributed by atoms with Crippen molar-refractivity contribution in [1.29, 1.82) is 0 Å². The van der Waals surface area contributed by atoms with Gasteiger partial charge in [0.25, 0.3) is 0 Å². The fourth-order valence-corrected chi connectivity index (χ4v) is 2.10. The van der Waals surface area contributed by atoms with E-state index in [0.29, 0.717) is 18.1 Å². The van der Waals surface area contributed by atoms with E-state index >= 15 is 0 Å². The highest BCUT2D eigenvalue weighted by atomic mass is 32.2. The Hall–Kier alpha value is -1.49. The maximum Gasteiger partial charge on any atom is 0.145 e. The van der Waals surface area contributed by atoms with Gasteiger partial charge in [0.2, 0.25) is 0 Å². The Balaban J connectivity index is 2.02. The van der Waals surface area contributed by atoms with Crippen LogP contribution >= 0.6 is 0 Å². The van der Waals surface area contributed by atoms with E-state index in [0.717, 1.165) is 16.9 Å². The fourth-order valence-electron chi connectivity index (χ4n) is 1.48. The second kappa shape index (κ2) is 5.72. The zero-order valence-electron chi connectivity index (χ0n) is 9.72. The molecule has 0 saturated heterocycles. The molecule has 2 rings (SSSR count). The number of para-hydroxylation sites is 2. The molecule has 0 bridgehead atoms. The quantitative estimate of drug-likeness (QED) is 0.878. The predicted molar refractivity (Wildman–Crippen MR) is 71.6 cm³/mol. The van der Waals surface area contributed by atoms with Gasteiger partial charge in [0, 0.05) is 28.9 Å². The van der Waals surface area contributed by atoms with Crippen LogP contribution in [0.4, 0.5) is 5.82 Å². The van der Waals surface area contributed by atoms with Crippen LogP contribution in [0.2, 0.25) is 0 Å². The highest BCUT2D eigenvalue weighted by Gasteiger charge is 1.99. The van der Waals surface area contributed by atoms with Crippen LogP contribution in [0.3, 0.4) is 0 Å². The number of fused-ring (bicyclic) bond motifs is 1. The number of nitrogens with zero attached hydrogens (tertiary/aromatic N) is 2. The van der Waals surface area contributed by atoms with Gasteiger partial charge in [-0.15, -0.1) is 0 Å². The number of hydrogen-bond donors (Lipinski definition) is 1. The van der Waals surface area contributed by atoms with Crippen molar-refractivity contribution in [2.45, 2.75) is 6.92 Å². The standard InChI is InChI=1S/C12H15N3OS/c1-2-17(16)8-7-13-12-9-14-10-5-3-4-6-11(10)15-12/h3-6,9H,2,7-8H2,1H3,(H,13,15). The summed E-state index contributed by atoms with van der Waals surface area (Å²) in [5, 5.41) is 3.14. The summed E-state index contributed by atoms with van der Waals surface area (Å²) in [7, 11) is -0.738. The van der Waals surface area contributed by atoms with Crippen molar-refractivity contribution in [3.8, 4) is 0 Å². The Morgan fingerprint density at radius 2 is 2.06 bits per heavy atom. The van der Waals surface area contributed by atoms with E-state index < -0.39 is 10.8 Å². The first-order chi connectivity index (χ1) is 8.29. The Labute approximate surface area is 103 Å². The minimum absolute atomic E-state index is 0.644. The number of benzene rings is 1. The molecular weight excluding hydrogens is 234 g/mol. The summed E-state index contributed by atoms with van der Waals surface area (Å²) in [5.74, 6) is 2.08. The molecule has 1 N–H and O–H groups in total. The van der Waals surface area contributed by atoms with Crippen LogP contribution in [-0.2, 0) is 10.8 Å². The van der Waals surface area contributed by atoms with E-state index in [1.165, 1.54) is 0 Å². The van der Waals surface area contributed by atoms with Gasteiger partial charge in [-0.25, -0.2) is 4.98 Å². The topological polar surface area (TPSA) is 54.9 Å². The van der Waals surface area contributed by atoms with Crippen molar-refractivity contribution in [2.24, 2.45) is 0 Å². The third-order valence-electron chi connectivity index (χ3n) is 2.41. The normalized spacial score (nSPS) is 12.5. The van der Waals surface area contributed by atoms with Crippen molar-refractivity contribution in [3.05, 3.63) is 30.5 Å². The number of hydrogen-bond acceptors (Lipinski definition) is 4. The molecule has 1 heterocycles. The maximum atomic E-state index is 11.2. The monoisotopic (exact) mass is 249 g/mol. The van der Waals surface area contributed by atoms with Crippen molar-refractivity contribution >= 4 is 27.7 Å². The molecule has 17 heavy (non-hydrogen) atoms. The molecule has 0 fully saturated rings. The molecule has 90 valence electrons. The van der Waals surface area contributed by atoms with Crippen LogP contribution in [0.15, 0.2) is 30.5 Å². The lowest BCUT2D eigenvalue weighted by atomic mass is 10.3. The van der Waals surface area contributed by atoms with Crippen molar-refractivity contribution in [2.75, 3.05) is 23.4 Å². The summed E-state index contributed by atoms with van der Waals surface area (Å²) in [6.07, 6.45) is 1.71. The molecule has 4 nitrogen and oxygen atoms in total. The van der Waals surface area contributed by atoms with Crippen LogP contribution in [0.25, 0.3) is 11.0 Å². The molecule has 1 aromatic carbocycles. The molecule has 1 atom stereocenters. The van der Waals surface area contributed by atoms with Crippen LogP contribution in [0.5, 0.6) is 0 Å². The summed E-state index contributed by atoms with van der Waals surface area (Å²) in [6.45, 7) is 2.58. The Morgan fingerprint density at radius 1 is 1.29 bits per heavy atom. The lowest BCUT2D eigenvalue weighted by Gasteiger charge is -2.05. The summed E-state index contributed by atoms with van der Waals surface area (Å²) >= 11 is 0. The van der Waals surface area contributed by atoms with Crippen molar-refractivity contribution < 1.29 is 4.21 Å². The zero-order valence-corrected chi connectivity index (χ0v) is 10.5. The number of nitrogens with one attached hydrogen (secondary N) is 1. The third kappa shape index (κ3) is 3.23. The zero-order chi connectivity index (χ0) is 12.1. The molecule has 2 aromatic rings. The van der Waals surface area contributed by atoms with Gasteiger partial charge in [0.15, 0.2) is 0 Å². The van der Waals surface area contributed by atoms with Crippen LogP contribution < -0.4 is 5.32 Å². The molecule has 1 aromatic heterocycles. The van der Waals surface area contributed by atoms with Gasteiger partial charge in [0.05, 0.1) is 17.2 Å². The summed E-state index contributed by atoms with van der Waals surface area (Å²) in [5.41, 5.74) is 1.75. The minimum Gasteiger partial charge on any atom is -0.368 e. The lowest BCUT2D eigenvalue weighted by molar-refractivity contribution is 0.684. The number of anilines is 1. The van der Waals surface area contributed by atoms with Gasteiger partial charge < -0.3 is 5.32 Å². The van der Waals surface area contributed by atoms with Crippen molar-refractivity contribution in [3.63, 3.8) is 0 Å². The molecule has 0 aliphatic heterocycles. The first-order valence-electron chi connectivity index (χ1n) is 5.60. The van der Waals surface area contributed by atoms with Crippen LogP contribution in [-0.4, -0.2) is 32.2 Å². The fraction of sp³-hybridized carbons (Fsp3) is 0.333. The number of aromatic nitrogens is 2. The number of rotatable bonds is 5. The average molecular weight is 249 g/mol. The first kappa shape index (κ1) is 12.0. The summed E-state index contributed by atoms with van der Waals surface area (Å²) in [4.78, 5) is 8.72. The van der Waals surface area contributed by atoms with Gasteiger partial charge in [-0.3, -0.25) is 9.19 Å². The van der Waals surface area contributed by atoms with Gasteiger partial charge in [-0.05, 0) is 12.1 Å². The molecule has 0 aliphatic carbocycles. The summed E-state index contributed by atoms with van der Waals surface area (Å²) < 4.78 is 11.2. The third-order valence-corrected chi connectivity index (χ3v) is 3.71. The maximum absolute atomic E-state index is 11.2. The molecule has 0 aliphatic rings. The van der Waals surface area contributed by atoms with Gasteiger partial charge >= 0.3 is 0 Å². The highest BCUT2D eigenvalue weighted by Crippen LogP contribution is 2.10. The SMILES string of the molecule is CCS(=O)CCNc1cnc2ccccc2n1. The minimum atomic E-state index is -0.738. The Morgan fingerprint density at radius 3 is 2.82 bits per heavy atom. The Bertz CT molecular complexity index is 530. The molecule has 5 heteroatoms. The van der Waals surface area contributed by atoms with E-state index in [2.05, 4.69) is 15.3 Å². The molecule has 0 saturated carbocycles. The highest BCUT2D eigenvalue weighted by molar-refractivity contribution is 7.84. The van der Waals surface area contributed by atoms with E-state index in [1.54, 1.807) is 6.20 Å². The molecule has 0 spiro atoms. The van der Waals surface area contributed by atoms with Crippen LogP contribution in [0, 0.1) is 0 Å². The second-order valence-electron chi connectivity index (χ2n) is 3.60. The van der Waals surface area contributed by atoms with E-state index in [4.69, 9.17) is 0 Å². The summed E-state index contributed by atoms with van der Waals surface area (Å²) in [6, 6.07) is 7.73. The van der Waals surface area contributed by atoms with E-state index in [-0.39, 0.29) is 0 Å². The second-order valence-corrected chi connectivity index (χ2v) is 5.47. The predicted octanol–water partition coefficient (Wildman–Crippen LogP) is 1.81. The van der Waals surface area contributed by atoms with E-state index in [9.17, 15) is 4.21 Å². The lowest BCUT2D eigenvalue weighted by Crippen LogP contribution is -2.12. The van der Waals surface area contributed by atoms with Gasteiger partial charge in [-0.1, -0.05) is 19.1 Å². The molecular formula is C12H15N3OS. The largest absolute Gasteiger partial charge is 0.368 e. The van der Waals surface area contributed by atoms with Crippen molar-refractivity contribution in [1.82, 2.24) is 9.97 Å². The van der Waals surface area contributed by atoms with E-state index in [1.807, 2.05) is 31.2 Å². The Kier molecular flexibility index (Phi) is 4.03. The van der Waals surface area contributed by atoms with Crippen LogP contribution in [0.1, 0.15) is 6.92 Å². The van der Waals surface area contributed by atoms with Gasteiger partial charge in [-0.2, -0.15) is 0 Å². The first-order valence-corrected chi connectivity index (χ1v) is 7.09. The smallest absolute Gasteiger partial charge is 0.145 e. The van der Waals surface area contributed by atoms with Gasteiger partial charge in [0.1, 0.15) is 5.82 Å². The molecule has 1 unspecified atom stereocenters. The molecule has 0 amide bonds.